The standard InChI is InChI=1S/C31H36ClN3O8S2/c1-5-7-12-35(16-26-34-25(18-45-26)31(40)41-6-2)30(39)28(43-20(4)37)27(42-19(3)36)29(38)33-15-23-14-21(17-44-23)13-22-10-8-9-11-24(22)32/h8-11,14,17-18,27-28H,5-7,12-13,15-16H2,1-4H3,(H,33,38)/t27-,28-/m1/s1. The first kappa shape index (κ1) is 35.7. The number of thiophene rings is 1. The zero-order valence-electron chi connectivity index (χ0n) is 25.5. The van der Waals surface area contributed by atoms with E-state index in [0.29, 0.717) is 22.9 Å². The number of thiazole rings is 1. The van der Waals surface area contributed by atoms with E-state index in [9.17, 15) is 24.0 Å². The van der Waals surface area contributed by atoms with Gasteiger partial charge in [0, 0.05) is 35.7 Å². The second-order valence-corrected chi connectivity index (χ2v) is 12.3. The monoisotopic (exact) mass is 677 g/mol. The quantitative estimate of drug-likeness (QED) is 0.165. The maximum Gasteiger partial charge on any atom is 0.357 e. The summed E-state index contributed by atoms with van der Waals surface area (Å²) >= 11 is 8.87. The Labute approximate surface area is 274 Å². The summed E-state index contributed by atoms with van der Waals surface area (Å²) in [5, 5.41) is 7.28. The average Bonchev–Trinajstić information content (AvgIpc) is 3.66. The third-order valence-corrected chi connectivity index (χ3v) is 8.50. The second kappa shape index (κ2) is 17.6. The van der Waals surface area contributed by atoms with Crippen LogP contribution in [0.5, 0.6) is 0 Å². The van der Waals surface area contributed by atoms with Crippen molar-refractivity contribution in [3.8, 4) is 0 Å². The van der Waals surface area contributed by atoms with Gasteiger partial charge in [-0.1, -0.05) is 43.1 Å². The van der Waals surface area contributed by atoms with E-state index < -0.39 is 41.9 Å². The Balaban J connectivity index is 1.79. The first-order chi connectivity index (χ1) is 21.5. The number of rotatable bonds is 16. The summed E-state index contributed by atoms with van der Waals surface area (Å²) < 4.78 is 15.6. The summed E-state index contributed by atoms with van der Waals surface area (Å²) in [5.74, 6) is -3.81. The van der Waals surface area contributed by atoms with Gasteiger partial charge in [-0.2, -0.15) is 0 Å². The number of aromatic nitrogens is 1. The molecule has 11 nitrogen and oxygen atoms in total. The molecule has 2 atom stereocenters. The van der Waals surface area contributed by atoms with Gasteiger partial charge < -0.3 is 24.4 Å². The molecule has 0 saturated heterocycles. The second-order valence-electron chi connectivity index (χ2n) is 9.93. The smallest absolute Gasteiger partial charge is 0.357 e. The van der Waals surface area contributed by atoms with Crippen LogP contribution in [0.3, 0.4) is 0 Å². The highest BCUT2D eigenvalue weighted by molar-refractivity contribution is 7.10. The van der Waals surface area contributed by atoms with Crippen molar-refractivity contribution >= 4 is 64.0 Å². The molecular weight excluding hydrogens is 642 g/mol. The van der Waals surface area contributed by atoms with Gasteiger partial charge in [0.15, 0.2) is 5.69 Å². The molecule has 1 aromatic carbocycles. The van der Waals surface area contributed by atoms with Crippen molar-refractivity contribution in [1.29, 1.82) is 0 Å². The van der Waals surface area contributed by atoms with E-state index in [1.54, 1.807) is 6.92 Å². The fraction of sp³-hybridized carbons (Fsp3) is 0.419. The summed E-state index contributed by atoms with van der Waals surface area (Å²) in [5.41, 5.74) is 2.08. The number of carbonyl (C=O) groups is 5. The van der Waals surface area contributed by atoms with Gasteiger partial charge in [-0.05, 0) is 48.4 Å². The number of esters is 3. The topological polar surface area (TPSA) is 141 Å². The van der Waals surface area contributed by atoms with E-state index in [1.165, 1.54) is 21.6 Å². The lowest BCUT2D eigenvalue weighted by Crippen LogP contribution is -2.54. The molecule has 0 aliphatic rings. The average molecular weight is 678 g/mol. The number of hydrogen-bond acceptors (Lipinski definition) is 11. The number of nitrogens with one attached hydrogen (secondary N) is 1. The van der Waals surface area contributed by atoms with Crippen molar-refractivity contribution < 1.29 is 38.2 Å². The zero-order chi connectivity index (χ0) is 32.9. The summed E-state index contributed by atoms with van der Waals surface area (Å²) in [7, 11) is 0. The third-order valence-electron chi connectivity index (χ3n) is 6.32. The molecule has 0 aliphatic carbocycles. The van der Waals surface area contributed by atoms with E-state index in [0.717, 1.165) is 47.6 Å². The lowest BCUT2D eigenvalue weighted by Gasteiger charge is -2.30. The van der Waals surface area contributed by atoms with Crippen molar-refractivity contribution in [1.82, 2.24) is 15.2 Å². The highest BCUT2D eigenvalue weighted by atomic mass is 35.5. The first-order valence-corrected chi connectivity index (χ1v) is 16.5. The number of carbonyl (C=O) groups excluding carboxylic acids is 5. The first-order valence-electron chi connectivity index (χ1n) is 14.3. The highest BCUT2D eigenvalue weighted by Crippen LogP contribution is 2.23. The van der Waals surface area contributed by atoms with Crippen molar-refractivity contribution in [2.45, 2.75) is 72.3 Å². The highest BCUT2D eigenvalue weighted by Gasteiger charge is 2.41. The van der Waals surface area contributed by atoms with Gasteiger partial charge in [0.25, 0.3) is 11.8 Å². The van der Waals surface area contributed by atoms with Gasteiger partial charge in [-0.25, -0.2) is 9.78 Å². The minimum absolute atomic E-state index is 0.0293. The summed E-state index contributed by atoms with van der Waals surface area (Å²) in [6.45, 7) is 6.29. The fourth-order valence-electron chi connectivity index (χ4n) is 4.24. The van der Waals surface area contributed by atoms with Gasteiger partial charge in [-0.15, -0.1) is 22.7 Å². The van der Waals surface area contributed by atoms with Crippen LogP contribution in [0.15, 0.2) is 41.1 Å². The Morgan fingerprint density at radius 3 is 2.38 bits per heavy atom. The number of halogens is 1. The maximum atomic E-state index is 13.9. The van der Waals surface area contributed by atoms with Gasteiger partial charge in [0.2, 0.25) is 12.2 Å². The minimum Gasteiger partial charge on any atom is -0.461 e. The molecule has 0 saturated carbocycles. The van der Waals surface area contributed by atoms with Crippen molar-refractivity contribution in [2.24, 2.45) is 0 Å². The molecule has 14 heteroatoms. The Hall–Kier alpha value is -3.81. The molecule has 2 aromatic heterocycles. The molecule has 0 radical (unpaired) electrons. The van der Waals surface area contributed by atoms with Crippen LogP contribution < -0.4 is 5.32 Å². The number of amides is 2. The van der Waals surface area contributed by atoms with Crippen LogP contribution in [0.2, 0.25) is 5.02 Å². The summed E-state index contributed by atoms with van der Waals surface area (Å²) in [4.78, 5) is 70.1. The molecule has 0 unspecified atom stereocenters. The number of ether oxygens (including phenoxy) is 3. The predicted molar refractivity (Wildman–Crippen MR) is 170 cm³/mol. The molecule has 45 heavy (non-hydrogen) atoms. The number of unbranched alkanes of at least 4 members (excludes halogenated alkanes) is 1. The molecule has 0 aliphatic heterocycles. The predicted octanol–water partition coefficient (Wildman–Crippen LogP) is 4.93. The Morgan fingerprint density at radius 1 is 1.00 bits per heavy atom. The number of nitrogens with zero attached hydrogens (tertiary/aromatic N) is 2. The van der Waals surface area contributed by atoms with Gasteiger partial charge in [-0.3, -0.25) is 19.2 Å². The molecule has 2 amide bonds. The SMILES string of the molecule is CCCCN(Cc1nc(C(=O)OCC)cs1)C(=O)[C@H](OC(C)=O)[C@@H](OC(C)=O)C(=O)NCc1cc(Cc2ccccc2Cl)cs1. The van der Waals surface area contributed by atoms with Crippen LogP contribution in [0.4, 0.5) is 0 Å². The van der Waals surface area contributed by atoms with Gasteiger partial charge in [0.05, 0.1) is 19.7 Å². The summed E-state index contributed by atoms with van der Waals surface area (Å²) in [6, 6.07) is 9.45. The molecule has 3 rings (SSSR count). The largest absolute Gasteiger partial charge is 0.461 e. The molecule has 0 fully saturated rings. The molecule has 0 bridgehead atoms. The number of hydrogen-bond donors (Lipinski definition) is 1. The van der Waals surface area contributed by atoms with Gasteiger partial charge >= 0.3 is 17.9 Å². The summed E-state index contributed by atoms with van der Waals surface area (Å²) in [6.07, 6.45) is -1.57. The maximum absolute atomic E-state index is 13.9. The Bertz CT molecular complexity index is 1490. The molecular formula is C31H36ClN3O8S2. The van der Waals surface area contributed by atoms with Crippen molar-refractivity contribution in [3.63, 3.8) is 0 Å². The zero-order valence-corrected chi connectivity index (χ0v) is 27.9. The molecule has 1 N–H and O–H groups in total. The van der Waals surface area contributed by atoms with Crippen molar-refractivity contribution in [2.75, 3.05) is 13.2 Å². The van der Waals surface area contributed by atoms with Crippen LogP contribution in [0, 0.1) is 0 Å². The Morgan fingerprint density at radius 2 is 1.71 bits per heavy atom. The van der Waals surface area contributed by atoms with Crippen molar-refractivity contribution in [3.05, 3.63) is 72.8 Å². The molecule has 0 spiro atoms. The third kappa shape index (κ3) is 10.9. The van der Waals surface area contributed by atoms with Crippen LogP contribution in [-0.2, 0) is 52.9 Å². The van der Waals surface area contributed by atoms with Gasteiger partial charge in [0.1, 0.15) is 5.01 Å². The van der Waals surface area contributed by atoms with Crippen LogP contribution in [-0.4, -0.2) is 65.0 Å². The lowest BCUT2D eigenvalue weighted by atomic mass is 10.1. The van der Waals surface area contributed by atoms with E-state index in [2.05, 4.69) is 10.3 Å². The van der Waals surface area contributed by atoms with E-state index in [-0.39, 0.29) is 31.9 Å². The normalized spacial score (nSPS) is 12.1. The van der Waals surface area contributed by atoms with Crippen LogP contribution in [0.1, 0.15) is 72.0 Å². The number of benzene rings is 1. The molecule has 242 valence electrons. The molecule has 2 heterocycles. The Kier molecular flexibility index (Phi) is 14.0. The van der Waals surface area contributed by atoms with E-state index in [1.807, 2.05) is 42.6 Å². The molecule has 3 aromatic rings. The minimum atomic E-state index is -1.76. The lowest BCUT2D eigenvalue weighted by molar-refractivity contribution is -0.178. The van der Waals surface area contributed by atoms with Crippen LogP contribution in [0.25, 0.3) is 0 Å². The fourth-order valence-corrected chi connectivity index (χ4v) is 6.05. The van der Waals surface area contributed by atoms with E-state index >= 15 is 0 Å². The van der Waals surface area contributed by atoms with Crippen LogP contribution >= 0.6 is 34.3 Å². The van der Waals surface area contributed by atoms with E-state index in [4.69, 9.17) is 25.8 Å².